The zero-order chi connectivity index (χ0) is 27.1. The number of likely N-dealkylation sites (N-methyl/N-ethyl adjacent to an activating group) is 1. The largest absolute Gasteiger partial charge is 0.756 e. The maximum Gasteiger partial charge on any atom is 0.305 e. The van der Waals surface area contributed by atoms with Crippen molar-refractivity contribution < 1.29 is 37.3 Å². The Kier molecular flexibility index (Phi) is 22.2. The van der Waals surface area contributed by atoms with E-state index >= 15 is 0 Å². The summed E-state index contributed by atoms with van der Waals surface area (Å²) in [6.45, 7) is 4.83. The molecule has 0 rings (SSSR count). The van der Waals surface area contributed by atoms with Crippen LogP contribution in [-0.2, 0) is 27.9 Å². The molecule has 0 radical (unpaired) electrons. The number of quaternary nitrogens is 1. The highest BCUT2D eigenvalue weighted by molar-refractivity contribution is 7.45. The molecule has 36 heavy (non-hydrogen) atoms. The van der Waals surface area contributed by atoms with Crippen molar-refractivity contribution in [3.63, 3.8) is 0 Å². The highest BCUT2D eigenvalue weighted by Crippen LogP contribution is 2.38. The normalized spacial score (nSPS) is 14.5. The lowest BCUT2D eigenvalue weighted by molar-refractivity contribution is -0.870. The average Bonchev–Trinajstić information content (AvgIpc) is 2.81. The summed E-state index contributed by atoms with van der Waals surface area (Å²) >= 11 is 0. The van der Waals surface area contributed by atoms with Crippen molar-refractivity contribution in [2.45, 2.75) is 116 Å². The zero-order valence-corrected chi connectivity index (χ0v) is 24.9. The zero-order valence-electron chi connectivity index (χ0n) is 24.0. The maximum absolute atomic E-state index is 12.0. The number of phosphoric ester groups is 1. The van der Waals surface area contributed by atoms with E-state index in [2.05, 4.69) is 6.92 Å². The van der Waals surface area contributed by atoms with Gasteiger partial charge in [-0.05, 0) is 6.42 Å². The van der Waals surface area contributed by atoms with Crippen LogP contribution in [0.1, 0.15) is 110 Å². The second-order valence-corrected chi connectivity index (χ2v) is 12.1. The number of hydrogen-bond donors (Lipinski definition) is 0. The van der Waals surface area contributed by atoms with E-state index in [1.165, 1.54) is 77.0 Å². The predicted molar refractivity (Wildman–Crippen MR) is 144 cm³/mol. The summed E-state index contributed by atoms with van der Waals surface area (Å²) in [6, 6.07) is 0. The van der Waals surface area contributed by atoms with Crippen molar-refractivity contribution in [1.82, 2.24) is 0 Å². The van der Waals surface area contributed by atoms with Gasteiger partial charge in [-0.2, -0.15) is 0 Å². The molecule has 0 amide bonds. The minimum absolute atomic E-state index is 0.0271. The summed E-state index contributed by atoms with van der Waals surface area (Å²) in [4.78, 5) is 23.7. The summed E-state index contributed by atoms with van der Waals surface area (Å²) in [5.41, 5.74) is 0. The first-order valence-corrected chi connectivity index (χ1v) is 15.7. The Morgan fingerprint density at radius 3 is 1.72 bits per heavy atom. The lowest BCUT2D eigenvalue weighted by atomic mass is 10.0. The molecule has 216 valence electrons. The van der Waals surface area contributed by atoms with Crippen LogP contribution >= 0.6 is 7.82 Å². The van der Waals surface area contributed by atoms with Gasteiger partial charge in [-0.1, -0.05) is 97.3 Å². The fourth-order valence-electron chi connectivity index (χ4n) is 3.64. The van der Waals surface area contributed by atoms with Crippen LogP contribution in [0.2, 0.25) is 0 Å². The first-order valence-electron chi connectivity index (χ1n) is 14.3. The van der Waals surface area contributed by atoms with Crippen molar-refractivity contribution in [3.8, 4) is 0 Å². The molecule has 0 heterocycles. The van der Waals surface area contributed by atoms with E-state index in [-0.39, 0.29) is 26.2 Å². The third kappa shape index (κ3) is 25.2. The number of phosphoric acid groups is 1. The van der Waals surface area contributed by atoms with Crippen LogP contribution < -0.4 is 4.89 Å². The molecule has 0 aliphatic carbocycles. The third-order valence-corrected chi connectivity index (χ3v) is 6.93. The van der Waals surface area contributed by atoms with Gasteiger partial charge in [0.25, 0.3) is 7.82 Å². The Bertz CT molecular complexity index is 569. The van der Waals surface area contributed by atoms with Gasteiger partial charge in [-0.25, -0.2) is 0 Å². The molecule has 9 heteroatoms. The number of rotatable bonds is 26. The summed E-state index contributed by atoms with van der Waals surface area (Å²) in [7, 11) is 1.35. The summed E-state index contributed by atoms with van der Waals surface area (Å²) in [6.07, 6.45) is 17.5. The number of unbranched alkanes of at least 4 members (excludes halogenated alkanes) is 13. The number of carbonyl (C=O) groups is 1. The molecular weight excluding hydrogens is 481 g/mol. The fraction of sp³-hybridized carbons (Fsp3) is 0.963. The Labute approximate surface area is 221 Å². The van der Waals surface area contributed by atoms with E-state index in [0.29, 0.717) is 17.6 Å². The van der Waals surface area contributed by atoms with Crippen molar-refractivity contribution in [2.75, 3.05) is 54.1 Å². The minimum Gasteiger partial charge on any atom is -0.756 e. The van der Waals surface area contributed by atoms with E-state index < -0.39 is 19.9 Å². The van der Waals surface area contributed by atoms with Crippen LogP contribution in [0, 0.1) is 0 Å². The van der Waals surface area contributed by atoms with Crippen molar-refractivity contribution >= 4 is 13.8 Å². The number of hydrogen-bond acceptors (Lipinski definition) is 7. The van der Waals surface area contributed by atoms with E-state index in [9.17, 15) is 14.3 Å². The summed E-state index contributed by atoms with van der Waals surface area (Å²) < 4.78 is 33.3. The summed E-state index contributed by atoms with van der Waals surface area (Å²) in [5, 5.41) is 0. The standard InChI is InChI=1S/C27H56NO7P/c1-6-8-9-10-11-12-13-14-15-16-17-18-19-20-22-32-24-26(35-27(29)7-2)25-34-36(30,31)33-23-21-28(3,4)5/h26H,6-25H2,1-5H3. The lowest BCUT2D eigenvalue weighted by Crippen LogP contribution is -2.37. The first kappa shape index (κ1) is 35.5. The third-order valence-electron chi connectivity index (χ3n) is 5.96. The molecule has 0 bridgehead atoms. The molecule has 8 nitrogen and oxygen atoms in total. The second kappa shape index (κ2) is 22.5. The van der Waals surface area contributed by atoms with Gasteiger partial charge < -0.3 is 27.9 Å². The molecule has 0 aliphatic heterocycles. The van der Waals surface area contributed by atoms with Gasteiger partial charge in [0.1, 0.15) is 19.3 Å². The topological polar surface area (TPSA) is 94.1 Å². The smallest absolute Gasteiger partial charge is 0.305 e. The SMILES string of the molecule is CCCCCCCCCCCCCCCCOCC(COP(=O)([O-])OCC[N+](C)(C)C)OC(=O)CC. The number of nitrogens with zero attached hydrogens (tertiary/aromatic N) is 1. The number of esters is 1. The number of ether oxygens (including phenoxy) is 2. The van der Waals surface area contributed by atoms with Crippen molar-refractivity contribution in [3.05, 3.63) is 0 Å². The molecular formula is C27H56NO7P. The highest BCUT2D eigenvalue weighted by atomic mass is 31.2. The maximum atomic E-state index is 12.0. The van der Waals surface area contributed by atoms with Crippen LogP contribution in [0.15, 0.2) is 0 Å². The Morgan fingerprint density at radius 2 is 1.25 bits per heavy atom. The van der Waals surface area contributed by atoms with Crippen LogP contribution in [0.3, 0.4) is 0 Å². The Morgan fingerprint density at radius 1 is 0.750 bits per heavy atom. The van der Waals surface area contributed by atoms with E-state index in [0.717, 1.165) is 12.8 Å². The minimum atomic E-state index is -4.47. The molecule has 0 spiro atoms. The van der Waals surface area contributed by atoms with Gasteiger partial charge in [0.2, 0.25) is 0 Å². The van der Waals surface area contributed by atoms with Crippen LogP contribution in [0.4, 0.5) is 0 Å². The van der Waals surface area contributed by atoms with Crippen LogP contribution in [-0.4, -0.2) is 70.7 Å². The molecule has 0 saturated carbocycles. The average molecular weight is 538 g/mol. The van der Waals surface area contributed by atoms with E-state index in [1.54, 1.807) is 6.92 Å². The van der Waals surface area contributed by atoms with Crippen LogP contribution in [0.25, 0.3) is 0 Å². The highest BCUT2D eigenvalue weighted by Gasteiger charge is 2.19. The lowest BCUT2D eigenvalue weighted by Gasteiger charge is -2.28. The molecule has 0 saturated heterocycles. The van der Waals surface area contributed by atoms with Gasteiger partial charge in [-0.3, -0.25) is 9.36 Å². The van der Waals surface area contributed by atoms with Gasteiger partial charge in [0, 0.05) is 13.0 Å². The molecule has 2 atom stereocenters. The molecule has 0 aromatic rings. The molecule has 0 aromatic heterocycles. The van der Waals surface area contributed by atoms with Gasteiger partial charge in [0.05, 0.1) is 34.4 Å². The quantitative estimate of drug-likeness (QED) is 0.0577. The van der Waals surface area contributed by atoms with E-state index in [1.807, 2.05) is 21.1 Å². The van der Waals surface area contributed by atoms with Crippen LogP contribution in [0.5, 0.6) is 0 Å². The Hall–Kier alpha value is -0.500. The first-order chi connectivity index (χ1) is 17.1. The van der Waals surface area contributed by atoms with Gasteiger partial charge in [0.15, 0.2) is 0 Å². The van der Waals surface area contributed by atoms with Crippen molar-refractivity contribution in [2.24, 2.45) is 0 Å². The Balaban J connectivity index is 3.88. The monoisotopic (exact) mass is 537 g/mol. The molecule has 0 N–H and O–H groups in total. The predicted octanol–water partition coefficient (Wildman–Crippen LogP) is 6.01. The molecule has 2 unspecified atom stereocenters. The second-order valence-electron chi connectivity index (χ2n) is 10.7. The van der Waals surface area contributed by atoms with Gasteiger partial charge in [-0.15, -0.1) is 0 Å². The van der Waals surface area contributed by atoms with Crippen molar-refractivity contribution in [1.29, 1.82) is 0 Å². The molecule has 0 aromatic carbocycles. The number of carbonyl (C=O) groups excluding carboxylic acids is 1. The van der Waals surface area contributed by atoms with E-state index in [4.69, 9.17) is 18.5 Å². The fourth-order valence-corrected chi connectivity index (χ4v) is 4.37. The van der Waals surface area contributed by atoms with Gasteiger partial charge >= 0.3 is 5.97 Å². The summed E-state index contributed by atoms with van der Waals surface area (Å²) in [5.74, 6) is -0.421. The molecule has 0 fully saturated rings. The molecule has 0 aliphatic rings.